The van der Waals surface area contributed by atoms with E-state index in [9.17, 15) is 0 Å². The van der Waals surface area contributed by atoms with Gasteiger partial charge in [0.2, 0.25) is 0 Å². The molecular formula is C18H25N3OS. The summed E-state index contributed by atoms with van der Waals surface area (Å²) in [5.41, 5.74) is 2.68. The van der Waals surface area contributed by atoms with Crippen LogP contribution in [0.2, 0.25) is 0 Å². The van der Waals surface area contributed by atoms with Gasteiger partial charge in [-0.2, -0.15) is 5.10 Å². The Morgan fingerprint density at radius 1 is 1.39 bits per heavy atom. The summed E-state index contributed by atoms with van der Waals surface area (Å²) < 4.78 is 7.93. The second-order valence-corrected chi connectivity index (χ2v) is 7.84. The van der Waals surface area contributed by atoms with Crippen molar-refractivity contribution >= 4 is 11.3 Å². The van der Waals surface area contributed by atoms with Gasteiger partial charge in [0.05, 0.1) is 12.3 Å². The van der Waals surface area contributed by atoms with E-state index in [0.717, 1.165) is 45.3 Å². The molecule has 0 aromatic carbocycles. The van der Waals surface area contributed by atoms with Crippen molar-refractivity contribution in [1.82, 2.24) is 14.7 Å². The molecule has 1 aliphatic carbocycles. The molecule has 0 amide bonds. The van der Waals surface area contributed by atoms with Crippen molar-refractivity contribution < 1.29 is 4.74 Å². The maximum atomic E-state index is 5.74. The highest BCUT2D eigenvalue weighted by Gasteiger charge is 2.30. The zero-order chi connectivity index (χ0) is 15.6. The van der Waals surface area contributed by atoms with Gasteiger partial charge in [-0.05, 0) is 37.1 Å². The van der Waals surface area contributed by atoms with Crippen LogP contribution in [0.15, 0.2) is 23.7 Å². The lowest BCUT2D eigenvalue weighted by atomic mass is 9.97. The molecule has 1 saturated carbocycles. The highest BCUT2D eigenvalue weighted by Crippen LogP contribution is 2.33. The largest absolute Gasteiger partial charge is 0.381 e. The van der Waals surface area contributed by atoms with E-state index in [2.05, 4.69) is 40.2 Å². The Morgan fingerprint density at radius 2 is 2.30 bits per heavy atom. The minimum absolute atomic E-state index is 0.402. The Bertz CT molecular complexity index is 633. The van der Waals surface area contributed by atoms with Gasteiger partial charge in [0.1, 0.15) is 0 Å². The summed E-state index contributed by atoms with van der Waals surface area (Å²) in [7, 11) is 0. The maximum Gasteiger partial charge on any atom is 0.0736 e. The molecule has 23 heavy (non-hydrogen) atoms. The lowest BCUT2D eigenvalue weighted by Gasteiger charge is -2.31. The standard InChI is InChI=1S/C18H25N3OS/c1-2-22-13-16-10-20(12-17-4-3-7-23-17)9-15-11-21(19-18(15)16)8-14-5-6-14/h3-4,7,11,14,16H,2,5-6,8-10,12-13H2,1H3/t16-/m0/s1. The van der Waals surface area contributed by atoms with Crippen molar-refractivity contribution in [2.75, 3.05) is 19.8 Å². The SMILES string of the molecule is CCOC[C@@H]1CN(Cc2cccs2)Cc2cn(CC3CC3)nc21. The van der Waals surface area contributed by atoms with Crippen molar-refractivity contribution in [3.63, 3.8) is 0 Å². The Kier molecular flexibility index (Phi) is 4.51. The highest BCUT2D eigenvalue weighted by atomic mass is 32.1. The molecule has 0 spiro atoms. The fraction of sp³-hybridized carbons (Fsp3) is 0.611. The molecule has 0 bridgehead atoms. The topological polar surface area (TPSA) is 30.3 Å². The van der Waals surface area contributed by atoms with E-state index in [4.69, 9.17) is 9.84 Å². The van der Waals surface area contributed by atoms with Gasteiger partial charge in [0.15, 0.2) is 0 Å². The quantitative estimate of drug-likeness (QED) is 0.778. The number of hydrogen-bond donors (Lipinski definition) is 0. The molecule has 0 radical (unpaired) electrons. The number of rotatable bonds is 7. The van der Waals surface area contributed by atoms with Gasteiger partial charge in [0.25, 0.3) is 0 Å². The number of thiophene rings is 1. The summed E-state index contributed by atoms with van der Waals surface area (Å²) in [6.07, 6.45) is 5.03. The summed E-state index contributed by atoms with van der Waals surface area (Å²) in [5, 5.41) is 7.07. The molecule has 2 aromatic heterocycles. The maximum absolute atomic E-state index is 5.74. The lowest BCUT2D eigenvalue weighted by Crippen LogP contribution is -2.34. The van der Waals surface area contributed by atoms with Crippen molar-refractivity contribution in [2.45, 2.75) is 45.3 Å². The fourth-order valence-electron chi connectivity index (χ4n) is 3.44. The predicted molar refractivity (Wildman–Crippen MR) is 92.6 cm³/mol. The molecule has 2 aliphatic rings. The molecule has 0 N–H and O–H groups in total. The van der Waals surface area contributed by atoms with Crippen LogP contribution in [0.25, 0.3) is 0 Å². The molecule has 1 fully saturated rings. The van der Waals surface area contributed by atoms with Crippen LogP contribution in [-0.4, -0.2) is 34.4 Å². The van der Waals surface area contributed by atoms with Crippen molar-refractivity contribution in [3.05, 3.63) is 39.8 Å². The minimum atomic E-state index is 0.402. The average Bonchev–Trinajstić information content (AvgIpc) is 3.04. The molecule has 4 nitrogen and oxygen atoms in total. The number of ether oxygens (including phenoxy) is 1. The third-order valence-corrected chi connectivity index (χ3v) is 5.62. The normalized spacial score (nSPS) is 21.5. The summed E-state index contributed by atoms with van der Waals surface area (Å²) in [4.78, 5) is 3.98. The summed E-state index contributed by atoms with van der Waals surface area (Å²) in [6, 6.07) is 4.37. The average molecular weight is 331 g/mol. The molecule has 124 valence electrons. The van der Waals surface area contributed by atoms with Gasteiger partial charge in [-0.3, -0.25) is 9.58 Å². The van der Waals surface area contributed by atoms with E-state index in [1.54, 1.807) is 0 Å². The van der Waals surface area contributed by atoms with E-state index >= 15 is 0 Å². The monoisotopic (exact) mass is 331 g/mol. The van der Waals surface area contributed by atoms with Gasteiger partial charge >= 0.3 is 0 Å². The van der Waals surface area contributed by atoms with Gasteiger partial charge < -0.3 is 4.74 Å². The molecule has 0 unspecified atom stereocenters. The Hall–Kier alpha value is -1.17. The third kappa shape index (κ3) is 3.67. The van der Waals surface area contributed by atoms with Crippen LogP contribution in [0, 0.1) is 5.92 Å². The van der Waals surface area contributed by atoms with E-state index < -0.39 is 0 Å². The van der Waals surface area contributed by atoms with E-state index in [-0.39, 0.29) is 0 Å². The second-order valence-electron chi connectivity index (χ2n) is 6.81. The molecule has 4 rings (SSSR count). The summed E-state index contributed by atoms with van der Waals surface area (Å²) in [5.74, 6) is 1.27. The zero-order valence-electron chi connectivity index (χ0n) is 13.8. The number of fused-ring (bicyclic) bond motifs is 1. The molecule has 1 atom stereocenters. The molecule has 5 heteroatoms. The van der Waals surface area contributed by atoms with E-state index in [1.165, 1.54) is 29.0 Å². The van der Waals surface area contributed by atoms with Gasteiger partial charge in [-0.1, -0.05) is 6.07 Å². The van der Waals surface area contributed by atoms with Gasteiger partial charge in [-0.25, -0.2) is 0 Å². The van der Waals surface area contributed by atoms with Crippen LogP contribution in [-0.2, 0) is 24.4 Å². The van der Waals surface area contributed by atoms with Crippen molar-refractivity contribution in [2.24, 2.45) is 5.92 Å². The first-order valence-corrected chi connectivity index (χ1v) is 9.58. The highest BCUT2D eigenvalue weighted by molar-refractivity contribution is 7.09. The van der Waals surface area contributed by atoms with E-state index in [1.807, 2.05) is 11.3 Å². The first kappa shape index (κ1) is 15.4. The zero-order valence-corrected chi connectivity index (χ0v) is 14.6. The third-order valence-electron chi connectivity index (χ3n) is 4.75. The molecule has 0 saturated heterocycles. The van der Waals surface area contributed by atoms with Gasteiger partial charge in [0, 0.05) is 55.3 Å². The number of aromatic nitrogens is 2. The van der Waals surface area contributed by atoms with Crippen LogP contribution in [0.4, 0.5) is 0 Å². The van der Waals surface area contributed by atoms with Crippen LogP contribution in [0.5, 0.6) is 0 Å². The first-order valence-electron chi connectivity index (χ1n) is 8.70. The lowest BCUT2D eigenvalue weighted by molar-refractivity contribution is 0.104. The summed E-state index contributed by atoms with van der Waals surface area (Å²) >= 11 is 1.85. The second kappa shape index (κ2) is 6.75. The fourth-order valence-corrected chi connectivity index (χ4v) is 4.19. The molecule has 2 aromatic rings. The minimum Gasteiger partial charge on any atom is -0.381 e. The first-order chi connectivity index (χ1) is 11.3. The summed E-state index contributed by atoms with van der Waals surface area (Å²) in [6.45, 7) is 7.82. The molecular weight excluding hydrogens is 306 g/mol. The number of nitrogens with zero attached hydrogens (tertiary/aromatic N) is 3. The van der Waals surface area contributed by atoms with Gasteiger partial charge in [-0.15, -0.1) is 11.3 Å². The predicted octanol–water partition coefficient (Wildman–Crippen LogP) is 3.49. The van der Waals surface area contributed by atoms with Crippen LogP contribution in [0.3, 0.4) is 0 Å². The van der Waals surface area contributed by atoms with Crippen molar-refractivity contribution in [3.8, 4) is 0 Å². The Morgan fingerprint density at radius 3 is 3.04 bits per heavy atom. The van der Waals surface area contributed by atoms with Crippen LogP contribution < -0.4 is 0 Å². The Labute approximate surface area is 142 Å². The Balaban J connectivity index is 1.51. The molecule has 1 aliphatic heterocycles. The van der Waals surface area contributed by atoms with Crippen LogP contribution in [0.1, 0.15) is 41.8 Å². The van der Waals surface area contributed by atoms with Crippen LogP contribution >= 0.6 is 11.3 Å². The smallest absolute Gasteiger partial charge is 0.0736 e. The van der Waals surface area contributed by atoms with E-state index in [0.29, 0.717) is 5.92 Å². The molecule has 3 heterocycles. The number of hydrogen-bond acceptors (Lipinski definition) is 4. The van der Waals surface area contributed by atoms with Crippen molar-refractivity contribution in [1.29, 1.82) is 0 Å².